The van der Waals surface area contributed by atoms with Gasteiger partial charge in [-0.2, -0.15) is 0 Å². The van der Waals surface area contributed by atoms with E-state index in [1.807, 2.05) is 42.5 Å². The number of aromatic nitrogens is 2. The summed E-state index contributed by atoms with van der Waals surface area (Å²) in [7, 11) is 0. The third kappa shape index (κ3) is 2.48. The zero-order chi connectivity index (χ0) is 18.3. The SMILES string of the molecule is CCOC(=O)c1c2sc(=S)n(-c3ccccc3)c(=O)c2n2ccccc12. The standard InChI is InChI=1S/C19H14N2O3S2/c1-2-24-18(23)14-13-10-6-7-11-20(13)15-16(14)26-19(25)21(17(15)22)12-8-4-3-5-9-12/h3-11H,2H2,1H3. The van der Waals surface area contributed by atoms with Crippen molar-refractivity contribution in [2.75, 3.05) is 6.61 Å². The van der Waals surface area contributed by atoms with Crippen LogP contribution in [-0.4, -0.2) is 21.5 Å². The van der Waals surface area contributed by atoms with Crippen LogP contribution in [0.5, 0.6) is 0 Å². The van der Waals surface area contributed by atoms with Gasteiger partial charge in [0.2, 0.25) is 0 Å². The normalized spacial score (nSPS) is 11.1. The monoisotopic (exact) mass is 382 g/mol. The molecule has 0 saturated carbocycles. The number of ether oxygens (including phenoxy) is 1. The average Bonchev–Trinajstić information content (AvgIpc) is 2.97. The Morgan fingerprint density at radius 3 is 2.62 bits per heavy atom. The highest BCUT2D eigenvalue weighted by atomic mass is 32.1. The van der Waals surface area contributed by atoms with Crippen molar-refractivity contribution >= 4 is 45.3 Å². The van der Waals surface area contributed by atoms with E-state index in [9.17, 15) is 9.59 Å². The van der Waals surface area contributed by atoms with Gasteiger partial charge in [-0.1, -0.05) is 24.3 Å². The first-order valence-corrected chi connectivity index (χ1v) is 9.27. The summed E-state index contributed by atoms with van der Waals surface area (Å²) in [4.78, 5) is 25.8. The molecule has 0 aliphatic heterocycles. The molecular formula is C19H14N2O3S2. The first-order chi connectivity index (χ1) is 12.6. The zero-order valence-corrected chi connectivity index (χ0v) is 15.5. The van der Waals surface area contributed by atoms with Crippen LogP contribution in [0.4, 0.5) is 0 Å². The van der Waals surface area contributed by atoms with Gasteiger partial charge in [0.1, 0.15) is 11.1 Å². The highest BCUT2D eigenvalue weighted by Gasteiger charge is 2.23. The number of fused-ring (bicyclic) bond motifs is 3. The largest absolute Gasteiger partial charge is 0.462 e. The predicted octanol–water partition coefficient (Wildman–Crippen LogP) is 4.21. The predicted molar refractivity (Wildman–Crippen MR) is 105 cm³/mol. The number of nitrogens with zero attached hydrogens (tertiary/aromatic N) is 2. The second kappa shape index (κ2) is 6.51. The van der Waals surface area contributed by atoms with E-state index in [2.05, 4.69) is 0 Å². The van der Waals surface area contributed by atoms with Crippen molar-refractivity contribution in [1.82, 2.24) is 8.97 Å². The Morgan fingerprint density at radius 2 is 1.88 bits per heavy atom. The zero-order valence-electron chi connectivity index (χ0n) is 13.8. The van der Waals surface area contributed by atoms with Crippen LogP contribution in [0.2, 0.25) is 0 Å². The van der Waals surface area contributed by atoms with Gasteiger partial charge in [-0.25, -0.2) is 4.79 Å². The van der Waals surface area contributed by atoms with Crippen LogP contribution >= 0.6 is 23.6 Å². The molecule has 1 aromatic carbocycles. The summed E-state index contributed by atoms with van der Waals surface area (Å²) in [6.45, 7) is 2.01. The van der Waals surface area contributed by atoms with Crippen molar-refractivity contribution in [1.29, 1.82) is 0 Å². The number of benzene rings is 1. The molecule has 0 unspecified atom stereocenters. The Kier molecular flexibility index (Phi) is 4.18. The number of carbonyl (C=O) groups excluding carboxylic acids is 1. The number of pyridine rings is 1. The van der Waals surface area contributed by atoms with Gasteiger partial charge >= 0.3 is 5.97 Å². The van der Waals surface area contributed by atoms with Gasteiger partial charge < -0.3 is 9.14 Å². The van der Waals surface area contributed by atoms with Gasteiger partial charge in [0, 0.05) is 6.20 Å². The second-order valence-electron chi connectivity index (χ2n) is 5.57. The van der Waals surface area contributed by atoms with E-state index < -0.39 is 5.97 Å². The first-order valence-electron chi connectivity index (χ1n) is 8.05. The Balaban J connectivity index is 2.18. The van der Waals surface area contributed by atoms with Crippen molar-refractivity contribution < 1.29 is 9.53 Å². The lowest BCUT2D eigenvalue weighted by molar-refractivity contribution is 0.0531. The second-order valence-corrected chi connectivity index (χ2v) is 7.22. The molecule has 0 aliphatic carbocycles. The van der Waals surface area contributed by atoms with Crippen LogP contribution in [-0.2, 0) is 4.74 Å². The molecule has 3 aromatic heterocycles. The van der Waals surface area contributed by atoms with E-state index in [0.717, 1.165) is 0 Å². The van der Waals surface area contributed by atoms with Gasteiger partial charge in [0.25, 0.3) is 5.56 Å². The fraction of sp³-hybridized carbons (Fsp3) is 0.105. The molecule has 0 bridgehead atoms. The summed E-state index contributed by atoms with van der Waals surface area (Å²) in [5, 5.41) is 0. The van der Waals surface area contributed by atoms with E-state index in [-0.39, 0.29) is 12.2 Å². The van der Waals surface area contributed by atoms with Crippen LogP contribution < -0.4 is 5.56 Å². The molecule has 0 radical (unpaired) electrons. The van der Waals surface area contributed by atoms with Crippen LogP contribution in [0.25, 0.3) is 21.4 Å². The van der Waals surface area contributed by atoms with Crippen LogP contribution in [0, 0.1) is 3.95 Å². The molecule has 0 N–H and O–H groups in total. The molecule has 0 atom stereocenters. The summed E-state index contributed by atoms with van der Waals surface area (Å²) in [5.74, 6) is -0.450. The fourth-order valence-electron chi connectivity index (χ4n) is 3.01. The van der Waals surface area contributed by atoms with E-state index in [4.69, 9.17) is 17.0 Å². The van der Waals surface area contributed by atoms with Crippen LogP contribution in [0.15, 0.2) is 59.5 Å². The minimum atomic E-state index is -0.450. The molecular weight excluding hydrogens is 368 g/mol. The summed E-state index contributed by atoms with van der Waals surface area (Å²) in [6.07, 6.45) is 1.77. The Hall–Kier alpha value is -2.77. The molecule has 26 heavy (non-hydrogen) atoms. The van der Waals surface area contributed by atoms with E-state index >= 15 is 0 Å². The van der Waals surface area contributed by atoms with Gasteiger partial charge in [-0.3, -0.25) is 9.36 Å². The van der Waals surface area contributed by atoms with Gasteiger partial charge in [0.05, 0.1) is 22.5 Å². The van der Waals surface area contributed by atoms with Gasteiger partial charge in [0.15, 0.2) is 3.95 Å². The van der Waals surface area contributed by atoms with E-state index in [0.29, 0.717) is 30.9 Å². The van der Waals surface area contributed by atoms with E-state index in [1.165, 1.54) is 15.9 Å². The maximum absolute atomic E-state index is 13.3. The third-order valence-corrected chi connectivity index (χ3v) is 5.46. The summed E-state index contributed by atoms with van der Waals surface area (Å²) >= 11 is 6.72. The van der Waals surface area contributed by atoms with E-state index in [1.54, 1.807) is 23.6 Å². The first kappa shape index (κ1) is 16.7. The minimum absolute atomic E-state index is 0.258. The Labute approximate surface area is 157 Å². The number of rotatable bonds is 3. The summed E-state index contributed by atoms with van der Waals surface area (Å²) in [5.41, 5.74) is 1.88. The molecule has 5 nitrogen and oxygen atoms in total. The molecule has 0 fully saturated rings. The maximum Gasteiger partial charge on any atom is 0.341 e. The van der Waals surface area contributed by atoms with Gasteiger partial charge in [-0.15, -0.1) is 11.3 Å². The molecule has 0 spiro atoms. The molecule has 4 aromatic rings. The van der Waals surface area contributed by atoms with Gasteiger partial charge in [-0.05, 0) is 43.4 Å². The van der Waals surface area contributed by atoms with Crippen molar-refractivity contribution in [2.24, 2.45) is 0 Å². The molecule has 0 aliphatic rings. The smallest absolute Gasteiger partial charge is 0.341 e. The highest BCUT2D eigenvalue weighted by molar-refractivity contribution is 7.73. The number of carbonyl (C=O) groups is 1. The lowest BCUT2D eigenvalue weighted by atomic mass is 10.2. The van der Waals surface area contributed by atoms with Crippen LogP contribution in [0.3, 0.4) is 0 Å². The fourth-order valence-corrected chi connectivity index (χ4v) is 4.47. The highest BCUT2D eigenvalue weighted by Crippen LogP contribution is 2.29. The van der Waals surface area contributed by atoms with Crippen LogP contribution in [0.1, 0.15) is 17.3 Å². The van der Waals surface area contributed by atoms with Crippen molar-refractivity contribution in [3.8, 4) is 5.69 Å². The summed E-state index contributed by atoms with van der Waals surface area (Å²) in [6, 6.07) is 14.7. The topological polar surface area (TPSA) is 52.7 Å². The minimum Gasteiger partial charge on any atom is -0.462 e. The number of esters is 1. The number of para-hydroxylation sites is 1. The molecule has 0 saturated heterocycles. The third-order valence-electron chi connectivity index (χ3n) is 4.07. The van der Waals surface area contributed by atoms with Crippen molar-refractivity contribution in [3.63, 3.8) is 0 Å². The average molecular weight is 382 g/mol. The Bertz CT molecular complexity index is 1250. The number of hydrogen-bond donors (Lipinski definition) is 0. The Morgan fingerprint density at radius 1 is 1.15 bits per heavy atom. The molecule has 0 amide bonds. The molecule has 7 heteroatoms. The maximum atomic E-state index is 13.3. The quantitative estimate of drug-likeness (QED) is 0.393. The molecule has 4 rings (SSSR count). The van der Waals surface area contributed by atoms with Crippen molar-refractivity contribution in [3.05, 3.63) is 74.6 Å². The lowest BCUT2D eigenvalue weighted by Crippen LogP contribution is -2.19. The summed E-state index contributed by atoms with van der Waals surface area (Å²) < 4.78 is 9.37. The van der Waals surface area contributed by atoms with Crippen molar-refractivity contribution in [2.45, 2.75) is 6.92 Å². The lowest BCUT2D eigenvalue weighted by Gasteiger charge is -2.06. The molecule has 130 valence electrons. The number of hydrogen-bond acceptors (Lipinski definition) is 5. The molecule has 3 heterocycles.